The summed E-state index contributed by atoms with van der Waals surface area (Å²) in [7, 11) is 0. The molecule has 1 aromatic heterocycles. The molecule has 3 nitrogen and oxygen atoms in total. The number of nitrogens with zero attached hydrogens (tertiary/aromatic N) is 1. The average molecular weight is 231 g/mol. The van der Waals surface area contributed by atoms with Crippen LogP contribution in [0.5, 0.6) is 0 Å². The number of hydrogen-bond acceptors (Lipinski definition) is 2. The zero-order chi connectivity index (χ0) is 12.4. The molecular weight excluding hydrogens is 214 g/mol. The summed E-state index contributed by atoms with van der Waals surface area (Å²) in [6.07, 6.45) is 0. The van der Waals surface area contributed by atoms with E-state index in [9.17, 15) is 4.79 Å². The molecule has 0 saturated carbocycles. The molecule has 0 saturated heterocycles. The normalized spacial score (nSPS) is 11.1. The summed E-state index contributed by atoms with van der Waals surface area (Å²) in [5.74, 6) is 0.899. The van der Waals surface area contributed by atoms with E-state index in [0.29, 0.717) is 6.54 Å². The molecule has 90 valence electrons. The Balaban J connectivity index is 2.25. The number of fused-ring (bicyclic) bond motifs is 1. The van der Waals surface area contributed by atoms with Crippen molar-refractivity contribution in [3.8, 4) is 0 Å². The number of carbonyl (C=O) groups is 1. The Kier molecular flexibility index (Phi) is 3.18. The molecule has 0 unspecified atom stereocenters. The van der Waals surface area contributed by atoms with E-state index in [4.69, 9.17) is 4.42 Å². The predicted octanol–water partition coefficient (Wildman–Crippen LogP) is 3.19. The van der Waals surface area contributed by atoms with Crippen LogP contribution in [0.15, 0.2) is 34.7 Å². The minimum absolute atomic E-state index is 0.0699. The van der Waals surface area contributed by atoms with Crippen LogP contribution in [0.4, 0.5) is 0 Å². The lowest BCUT2D eigenvalue weighted by atomic mass is 10.2. The molecule has 0 fully saturated rings. The minimum atomic E-state index is 0.0699. The first kappa shape index (κ1) is 11.7. The van der Waals surface area contributed by atoms with Crippen LogP contribution in [0.2, 0.25) is 0 Å². The van der Waals surface area contributed by atoms with Gasteiger partial charge < -0.3 is 9.32 Å². The Labute approximate surface area is 101 Å². The van der Waals surface area contributed by atoms with E-state index in [2.05, 4.69) is 0 Å². The van der Waals surface area contributed by atoms with Gasteiger partial charge in [0.15, 0.2) is 0 Å². The van der Waals surface area contributed by atoms with Gasteiger partial charge >= 0.3 is 0 Å². The van der Waals surface area contributed by atoms with E-state index in [1.54, 1.807) is 11.8 Å². The fourth-order valence-corrected chi connectivity index (χ4v) is 1.94. The van der Waals surface area contributed by atoms with E-state index in [1.165, 1.54) is 0 Å². The van der Waals surface area contributed by atoms with Crippen molar-refractivity contribution < 1.29 is 9.21 Å². The summed E-state index contributed by atoms with van der Waals surface area (Å²) >= 11 is 0. The van der Waals surface area contributed by atoms with Crippen LogP contribution >= 0.6 is 0 Å². The van der Waals surface area contributed by atoms with Gasteiger partial charge in [0.2, 0.25) is 5.91 Å². The van der Waals surface area contributed by atoms with E-state index >= 15 is 0 Å². The quantitative estimate of drug-likeness (QED) is 0.812. The van der Waals surface area contributed by atoms with Gasteiger partial charge in [-0.2, -0.15) is 0 Å². The lowest BCUT2D eigenvalue weighted by molar-refractivity contribution is -0.131. The topological polar surface area (TPSA) is 33.5 Å². The van der Waals surface area contributed by atoms with Gasteiger partial charge in [-0.25, -0.2) is 0 Å². The lowest BCUT2D eigenvalue weighted by Gasteiger charge is -2.23. The highest BCUT2D eigenvalue weighted by atomic mass is 16.3. The van der Waals surface area contributed by atoms with Crippen molar-refractivity contribution in [1.82, 2.24) is 4.90 Å². The summed E-state index contributed by atoms with van der Waals surface area (Å²) in [4.78, 5) is 13.3. The number of amides is 1. The van der Waals surface area contributed by atoms with Crippen molar-refractivity contribution in [2.45, 2.75) is 33.4 Å². The van der Waals surface area contributed by atoms with E-state index < -0.39 is 0 Å². The molecule has 2 aromatic rings. The van der Waals surface area contributed by atoms with Gasteiger partial charge in [0.1, 0.15) is 11.3 Å². The third-order valence-electron chi connectivity index (χ3n) is 2.83. The van der Waals surface area contributed by atoms with Gasteiger partial charge in [-0.05, 0) is 26.0 Å². The Morgan fingerprint density at radius 1 is 1.35 bits per heavy atom. The second kappa shape index (κ2) is 4.62. The van der Waals surface area contributed by atoms with Crippen molar-refractivity contribution >= 4 is 16.9 Å². The molecule has 1 aromatic carbocycles. The Bertz CT molecular complexity index is 495. The Morgan fingerprint density at radius 2 is 2.06 bits per heavy atom. The number of carbonyl (C=O) groups excluding carboxylic acids is 1. The first-order chi connectivity index (χ1) is 8.08. The largest absolute Gasteiger partial charge is 0.459 e. The van der Waals surface area contributed by atoms with Crippen molar-refractivity contribution in [1.29, 1.82) is 0 Å². The predicted molar refractivity (Wildman–Crippen MR) is 67.6 cm³/mol. The highest BCUT2D eigenvalue weighted by Crippen LogP contribution is 2.20. The number of hydrogen-bond donors (Lipinski definition) is 0. The molecule has 0 aliphatic rings. The molecule has 17 heavy (non-hydrogen) atoms. The second-order valence-electron chi connectivity index (χ2n) is 4.49. The summed E-state index contributed by atoms with van der Waals surface area (Å²) in [6.45, 7) is 6.12. The highest BCUT2D eigenvalue weighted by Gasteiger charge is 2.15. The maximum atomic E-state index is 11.5. The molecule has 2 rings (SSSR count). The van der Waals surface area contributed by atoms with Gasteiger partial charge in [-0.1, -0.05) is 18.2 Å². The first-order valence-electron chi connectivity index (χ1n) is 5.82. The van der Waals surface area contributed by atoms with Crippen molar-refractivity contribution in [3.05, 3.63) is 36.1 Å². The van der Waals surface area contributed by atoms with Crippen molar-refractivity contribution in [2.24, 2.45) is 0 Å². The van der Waals surface area contributed by atoms with Crippen molar-refractivity contribution in [2.75, 3.05) is 0 Å². The van der Waals surface area contributed by atoms with Gasteiger partial charge in [0, 0.05) is 18.4 Å². The summed E-state index contributed by atoms with van der Waals surface area (Å²) < 4.78 is 5.70. The maximum absolute atomic E-state index is 11.5. The third-order valence-corrected chi connectivity index (χ3v) is 2.83. The lowest BCUT2D eigenvalue weighted by Crippen LogP contribution is -2.34. The SMILES string of the molecule is CC(=O)N(Cc1cc2ccccc2o1)C(C)C. The van der Waals surface area contributed by atoms with Gasteiger partial charge in [-0.15, -0.1) is 0 Å². The monoisotopic (exact) mass is 231 g/mol. The second-order valence-corrected chi connectivity index (χ2v) is 4.49. The van der Waals surface area contributed by atoms with Crippen LogP contribution in [-0.2, 0) is 11.3 Å². The fraction of sp³-hybridized carbons (Fsp3) is 0.357. The molecule has 0 bridgehead atoms. The van der Waals surface area contributed by atoms with Crippen LogP contribution < -0.4 is 0 Å². The number of para-hydroxylation sites is 1. The molecule has 1 heterocycles. The molecule has 0 atom stereocenters. The van der Waals surface area contributed by atoms with Crippen molar-refractivity contribution in [3.63, 3.8) is 0 Å². The number of benzene rings is 1. The van der Waals surface area contributed by atoms with Crippen LogP contribution in [0.1, 0.15) is 26.5 Å². The third kappa shape index (κ3) is 2.49. The molecular formula is C14H17NO2. The Hall–Kier alpha value is -1.77. The maximum Gasteiger partial charge on any atom is 0.220 e. The molecule has 1 amide bonds. The minimum Gasteiger partial charge on any atom is -0.459 e. The molecule has 0 radical (unpaired) electrons. The van der Waals surface area contributed by atoms with Crippen LogP contribution in [0, 0.1) is 0 Å². The zero-order valence-electron chi connectivity index (χ0n) is 10.4. The summed E-state index contributed by atoms with van der Waals surface area (Å²) in [6, 6.07) is 10.0. The highest BCUT2D eigenvalue weighted by molar-refractivity contribution is 5.78. The van der Waals surface area contributed by atoms with Gasteiger partial charge in [0.25, 0.3) is 0 Å². The summed E-state index contributed by atoms with van der Waals surface area (Å²) in [5, 5.41) is 1.08. The number of rotatable bonds is 3. The molecule has 0 N–H and O–H groups in total. The molecule has 0 spiro atoms. The first-order valence-corrected chi connectivity index (χ1v) is 5.82. The molecule has 0 aliphatic heterocycles. The van der Waals surface area contributed by atoms with Crippen LogP contribution in [0.25, 0.3) is 11.0 Å². The van der Waals surface area contributed by atoms with Crippen LogP contribution in [0.3, 0.4) is 0 Å². The smallest absolute Gasteiger partial charge is 0.220 e. The summed E-state index contributed by atoms with van der Waals surface area (Å²) in [5.41, 5.74) is 0.870. The van der Waals surface area contributed by atoms with E-state index in [-0.39, 0.29) is 11.9 Å². The molecule has 0 aliphatic carbocycles. The fourth-order valence-electron chi connectivity index (χ4n) is 1.94. The van der Waals surface area contributed by atoms with Gasteiger partial charge in [-0.3, -0.25) is 4.79 Å². The van der Waals surface area contributed by atoms with Gasteiger partial charge in [0.05, 0.1) is 6.54 Å². The van der Waals surface area contributed by atoms with E-state index in [0.717, 1.165) is 16.7 Å². The van der Waals surface area contributed by atoms with Crippen LogP contribution in [-0.4, -0.2) is 16.8 Å². The zero-order valence-corrected chi connectivity index (χ0v) is 10.4. The van der Waals surface area contributed by atoms with E-state index in [1.807, 2.05) is 44.2 Å². The average Bonchev–Trinajstić information content (AvgIpc) is 2.67. The Morgan fingerprint density at radius 3 is 2.65 bits per heavy atom. The number of furan rings is 1. The molecule has 3 heteroatoms. The standard InChI is InChI=1S/C14H17NO2/c1-10(2)15(11(3)16)9-13-8-12-6-4-5-7-14(12)17-13/h4-8,10H,9H2,1-3H3.